The zero-order valence-electron chi connectivity index (χ0n) is 12.2. The van der Waals surface area contributed by atoms with Crippen LogP contribution in [-0.4, -0.2) is 45.8 Å². The van der Waals surface area contributed by atoms with Crippen molar-refractivity contribution in [3.63, 3.8) is 0 Å². The molecule has 2 fully saturated rings. The molecule has 0 aromatic carbocycles. The molecule has 2 N–H and O–H groups in total. The molecule has 4 heterocycles. The van der Waals surface area contributed by atoms with Crippen LogP contribution in [0.1, 0.15) is 18.5 Å². The third kappa shape index (κ3) is 2.29. The maximum absolute atomic E-state index is 4.67. The van der Waals surface area contributed by atoms with Gasteiger partial charge in [-0.1, -0.05) is 0 Å². The van der Waals surface area contributed by atoms with E-state index in [1.807, 2.05) is 19.1 Å². The average molecular weight is 284 g/mol. The number of H-pyrrole nitrogens is 1. The Morgan fingerprint density at radius 2 is 2.29 bits per heavy atom. The van der Waals surface area contributed by atoms with Gasteiger partial charge in [0.2, 0.25) is 5.95 Å². The summed E-state index contributed by atoms with van der Waals surface area (Å²) in [5, 5.41) is 11.1. The Morgan fingerprint density at radius 1 is 1.33 bits per heavy atom. The summed E-state index contributed by atoms with van der Waals surface area (Å²) in [6, 6.07) is 4.55. The van der Waals surface area contributed by atoms with Gasteiger partial charge in [-0.25, -0.2) is 0 Å². The van der Waals surface area contributed by atoms with Crippen molar-refractivity contribution in [3.8, 4) is 11.4 Å². The number of hydrogen-bond donors (Lipinski definition) is 2. The second-order valence-corrected chi connectivity index (χ2v) is 5.99. The van der Waals surface area contributed by atoms with E-state index in [9.17, 15) is 0 Å². The van der Waals surface area contributed by atoms with Gasteiger partial charge < -0.3 is 10.2 Å². The van der Waals surface area contributed by atoms with Crippen LogP contribution in [0, 0.1) is 12.8 Å². The largest absolute Gasteiger partial charge is 0.338 e. The van der Waals surface area contributed by atoms with Crippen LogP contribution >= 0.6 is 0 Å². The van der Waals surface area contributed by atoms with Gasteiger partial charge in [-0.2, -0.15) is 4.98 Å². The van der Waals surface area contributed by atoms with Crippen molar-refractivity contribution in [3.05, 3.63) is 24.0 Å². The van der Waals surface area contributed by atoms with E-state index >= 15 is 0 Å². The van der Waals surface area contributed by atoms with E-state index < -0.39 is 0 Å². The van der Waals surface area contributed by atoms with Gasteiger partial charge in [0.05, 0.1) is 0 Å². The van der Waals surface area contributed by atoms with Crippen LogP contribution in [0.2, 0.25) is 0 Å². The SMILES string of the molecule is Cc1ncccc1-c1nc(N2CC3CCCNC3C2)n[nH]1. The van der Waals surface area contributed by atoms with Gasteiger partial charge in [0.1, 0.15) is 0 Å². The Labute approximate surface area is 124 Å². The molecule has 6 nitrogen and oxygen atoms in total. The molecule has 4 rings (SSSR count). The number of aromatic amines is 1. The van der Waals surface area contributed by atoms with E-state index in [2.05, 4.69) is 30.4 Å². The van der Waals surface area contributed by atoms with Crippen molar-refractivity contribution >= 4 is 5.95 Å². The fourth-order valence-corrected chi connectivity index (χ4v) is 3.46. The van der Waals surface area contributed by atoms with Crippen molar-refractivity contribution in [1.82, 2.24) is 25.5 Å². The second kappa shape index (κ2) is 5.11. The Bertz CT molecular complexity index is 623. The van der Waals surface area contributed by atoms with Gasteiger partial charge in [-0.15, -0.1) is 5.10 Å². The zero-order valence-corrected chi connectivity index (χ0v) is 12.2. The van der Waals surface area contributed by atoms with Crippen LogP contribution in [0.15, 0.2) is 18.3 Å². The first-order valence-electron chi connectivity index (χ1n) is 7.64. The lowest BCUT2D eigenvalue weighted by molar-refractivity contribution is 0.340. The second-order valence-electron chi connectivity index (χ2n) is 5.99. The highest BCUT2D eigenvalue weighted by molar-refractivity contribution is 5.58. The molecular formula is C15H20N6. The van der Waals surface area contributed by atoms with Crippen LogP contribution in [0.3, 0.4) is 0 Å². The van der Waals surface area contributed by atoms with Gasteiger partial charge in [0, 0.05) is 36.6 Å². The standard InChI is InChI=1S/C15H20N6/c1-10-12(5-3-6-16-10)14-18-15(20-19-14)21-8-11-4-2-7-17-13(11)9-21/h3,5-6,11,13,17H,2,4,7-9H2,1H3,(H,18,19,20). The fourth-order valence-electron chi connectivity index (χ4n) is 3.46. The van der Waals surface area contributed by atoms with Crippen LogP contribution in [0.4, 0.5) is 5.95 Å². The summed E-state index contributed by atoms with van der Waals surface area (Å²) in [6.45, 7) is 5.20. The van der Waals surface area contributed by atoms with Crippen LogP contribution in [-0.2, 0) is 0 Å². The summed E-state index contributed by atoms with van der Waals surface area (Å²) >= 11 is 0. The molecule has 2 saturated heterocycles. The lowest BCUT2D eigenvalue weighted by Gasteiger charge is -2.24. The number of fused-ring (bicyclic) bond motifs is 1. The molecule has 0 amide bonds. The van der Waals surface area contributed by atoms with Crippen molar-refractivity contribution in [2.75, 3.05) is 24.5 Å². The quantitative estimate of drug-likeness (QED) is 0.871. The third-order valence-corrected chi connectivity index (χ3v) is 4.62. The Balaban J connectivity index is 1.56. The molecule has 21 heavy (non-hydrogen) atoms. The van der Waals surface area contributed by atoms with Crippen molar-refractivity contribution < 1.29 is 0 Å². The number of hydrogen-bond acceptors (Lipinski definition) is 5. The number of aryl methyl sites for hydroxylation is 1. The first-order valence-corrected chi connectivity index (χ1v) is 7.64. The number of nitrogens with one attached hydrogen (secondary N) is 2. The third-order valence-electron chi connectivity index (χ3n) is 4.62. The molecule has 2 unspecified atom stereocenters. The number of nitrogens with zero attached hydrogens (tertiary/aromatic N) is 4. The van der Waals surface area contributed by atoms with Gasteiger partial charge in [-0.05, 0) is 44.4 Å². The Morgan fingerprint density at radius 3 is 3.14 bits per heavy atom. The monoisotopic (exact) mass is 284 g/mol. The predicted molar refractivity (Wildman–Crippen MR) is 81.1 cm³/mol. The highest BCUT2D eigenvalue weighted by atomic mass is 15.4. The number of aromatic nitrogens is 4. The molecule has 2 atom stereocenters. The molecule has 0 bridgehead atoms. The molecule has 6 heteroatoms. The van der Waals surface area contributed by atoms with Gasteiger partial charge in [-0.3, -0.25) is 10.1 Å². The van der Waals surface area contributed by atoms with Gasteiger partial charge in [0.15, 0.2) is 5.82 Å². The Hall–Kier alpha value is -1.95. The minimum atomic E-state index is 0.598. The first-order chi connectivity index (χ1) is 10.3. The predicted octanol–water partition coefficient (Wildman–Crippen LogP) is 1.36. The number of anilines is 1. The van der Waals surface area contributed by atoms with Crippen LogP contribution in [0.25, 0.3) is 11.4 Å². The summed E-state index contributed by atoms with van der Waals surface area (Å²) in [6.07, 6.45) is 4.39. The van der Waals surface area contributed by atoms with E-state index in [0.717, 1.165) is 48.6 Å². The normalized spacial score (nSPS) is 25.1. The molecule has 0 aliphatic carbocycles. The van der Waals surface area contributed by atoms with Crippen LogP contribution in [0.5, 0.6) is 0 Å². The first kappa shape index (κ1) is 12.8. The summed E-state index contributed by atoms with van der Waals surface area (Å²) in [5.74, 6) is 2.35. The fraction of sp³-hybridized carbons (Fsp3) is 0.533. The lowest BCUT2D eigenvalue weighted by atomic mass is 9.94. The number of rotatable bonds is 2. The molecule has 0 radical (unpaired) electrons. The van der Waals surface area contributed by atoms with E-state index in [0.29, 0.717) is 6.04 Å². The summed E-state index contributed by atoms with van der Waals surface area (Å²) < 4.78 is 0. The summed E-state index contributed by atoms with van der Waals surface area (Å²) in [7, 11) is 0. The molecule has 2 aliphatic rings. The van der Waals surface area contributed by atoms with Gasteiger partial charge in [0.25, 0.3) is 0 Å². The van der Waals surface area contributed by atoms with Crippen molar-refractivity contribution in [1.29, 1.82) is 0 Å². The van der Waals surface area contributed by atoms with E-state index in [1.54, 1.807) is 6.20 Å². The smallest absolute Gasteiger partial charge is 0.245 e. The summed E-state index contributed by atoms with van der Waals surface area (Å²) in [4.78, 5) is 11.3. The minimum absolute atomic E-state index is 0.598. The van der Waals surface area contributed by atoms with E-state index in [-0.39, 0.29) is 0 Å². The molecule has 110 valence electrons. The molecule has 2 aromatic heterocycles. The maximum atomic E-state index is 4.67. The van der Waals surface area contributed by atoms with Crippen LogP contribution < -0.4 is 10.2 Å². The Kier molecular flexibility index (Phi) is 3.11. The zero-order chi connectivity index (χ0) is 14.2. The topological polar surface area (TPSA) is 69.7 Å². The van der Waals surface area contributed by atoms with Gasteiger partial charge >= 0.3 is 0 Å². The van der Waals surface area contributed by atoms with E-state index in [1.165, 1.54) is 12.8 Å². The molecule has 2 aliphatic heterocycles. The molecule has 0 spiro atoms. The highest BCUT2D eigenvalue weighted by Crippen LogP contribution is 2.28. The molecule has 2 aromatic rings. The average Bonchev–Trinajstić information content (AvgIpc) is 3.14. The van der Waals surface area contributed by atoms with Crippen molar-refractivity contribution in [2.24, 2.45) is 5.92 Å². The number of piperidine rings is 1. The number of pyridine rings is 1. The summed E-state index contributed by atoms with van der Waals surface area (Å²) in [5.41, 5.74) is 1.99. The molecule has 0 saturated carbocycles. The van der Waals surface area contributed by atoms with E-state index in [4.69, 9.17) is 0 Å². The minimum Gasteiger partial charge on any atom is -0.338 e. The van der Waals surface area contributed by atoms with Crippen molar-refractivity contribution in [2.45, 2.75) is 25.8 Å². The highest BCUT2D eigenvalue weighted by Gasteiger charge is 2.35. The molecular weight excluding hydrogens is 264 g/mol. The lowest BCUT2D eigenvalue weighted by Crippen LogP contribution is -2.40. The maximum Gasteiger partial charge on any atom is 0.245 e.